The predicted molar refractivity (Wildman–Crippen MR) is 128 cm³/mol. The topological polar surface area (TPSA) is 50.2 Å². The molecular formula is C26H34N4O. The average Bonchev–Trinajstić information content (AvgIpc) is 3.26. The van der Waals surface area contributed by atoms with E-state index in [0.717, 1.165) is 48.4 Å². The molecule has 0 aliphatic carbocycles. The molecule has 5 nitrogen and oxygen atoms in total. The zero-order valence-electron chi connectivity index (χ0n) is 19.1. The van der Waals surface area contributed by atoms with Crippen molar-refractivity contribution >= 4 is 5.91 Å². The summed E-state index contributed by atoms with van der Waals surface area (Å²) in [5, 5.41) is 7.82. The number of hydrogen-bond donors (Lipinski definition) is 1. The lowest BCUT2D eigenvalue weighted by Crippen LogP contribution is -2.46. The van der Waals surface area contributed by atoms with Crippen molar-refractivity contribution in [2.75, 3.05) is 26.2 Å². The fourth-order valence-corrected chi connectivity index (χ4v) is 3.83. The molecule has 1 heterocycles. The number of nitrogens with one attached hydrogen (secondary N) is 1. The first kappa shape index (κ1) is 22.8. The Hall–Kier alpha value is -2.92. The lowest BCUT2D eigenvalue weighted by molar-refractivity contribution is -0.128. The van der Waals surface area contributed by atoms with Gasteiger partial charge in [0, 0.05) is 17.7 Å². The van der Waals surface area contributed by atoms with Gasteiger partial charge in [-0.15, -0.1) is 0 Å². The molecular weight excluding hydrogens is 384 g/mol. The van der Waals surface area contributed by atoms with Crippen LogP contribution in [0.2, 0.25) is 0 Å². The number of benzene rings is 2. The van der Waals surface area contributed by atoms with Gasteiger partial charge in [0.05, 0.1) is 11.9 Å². The molecule has 0 aliphatic rings. The molecule has 1 N–H and O–H groups in total. The Balaban J connectivity index is 1.87. The Morgan fingerprint density at radius 3 is 2.13 bits per heavy atom. The smallest absolute Gasteiger partial charge is 0.247 e. The van der Waals surface area contributed by atoms with Crippen molar-refractivity contribution in [3.8, 4) is 22.4 Å². The van der Waals surface area contributed by atoms with Crippen LogP contribution >= 0.6 is 0 Å². The molecule has 31 heavy (non-hydrogen) atoms. The molecule has 1 amide bonds. The largest absolute Gasteiger partial charge is 0.354 e. The van der Waals surface area contributed by atoms with Crippen LogP contribution < -0.4 is 5.32 Å². The second-order valence-corrected chi connectivity index (χ2v) is 8.25. The monoisotopic (exact) mass is 418 g/mol. The van der Waals surface area contributed by atoms with Crippen LogP contribution in [0.1, 0.15) is 34.1 Å². The molecule has 0 saturated carbocycles. The van der Waals surface area contributed by atoms with Crippen LogP contribution in [0.4, 0.5) is 0 Å². The quantitative estimate of drug-likeness (QED) is 0.481. The van der Waals surface area contributed by atoms with E-state index in [1.165, 1.54) is 0 Å². The van der Waals surface area contributed by atoms with Gasteiger partial charge in [0.2, 0.25) is 5.91 Å². The van der Waals surface area contributed by atoms with Gasteiger partial charge in [-0.25, -0.2) is 4.68 Å². The van der Waals surface area contributed by atoms with E-state index in [9.17, 15) is 4.79 Å². The molecule has 0 bridgehead atoms. The summed E-state index contributed by atoms with van der Waals surface area (Å²) in [6.45, 7) is 11.9. The summed E-state index contributed by atoms with van der Waals surface area (Å²) in [6.07, 6.45) is 2.80. The number of amides is 1. The van der Waals surface area contributed by atoms with Gasteiger partial charge < -0.3 is 10.2 Å². The molecule has 0 fully saturated rings. The fraction of sp³-hybridized carbons (Fsp3) is 0.385. The van der Waals surface area contributed by atoms with E-state index in [0.29, 0.717) is 6.54 Å². The van der Waals surface area contributed by atoms with Gasteiger partial charge in [0.1, 0.15) is 5.54 Å². The van der Waals surface area contributed by atoms with E-state index < -0.39 is 5.54 Å². The Morgan fingerprint density at radius 1 is 0.968 bits per heavy atom. The Labute approximate surface area is 186 Å². The van der Waals surface area contributed by atoms with Crippen molar-refractivity contribution in [1.82, 2.24) is 20.0 Å². The van der Waals surface area contributed by atoms with Crippen molar-refractivity contribution in [1.29, 1.82) is 0 Å². The summed E-state index contributed by atoms with van der Waals surface area (Å²) in [7, 11) is 0. The first-order valence-corrected chi connectivity index (χ1v) is 11.2. The van der Waals surface area contributed by atoms with Crippen molar-refractivity contribution in [3.05, 3.63) is 66.9 Å². The first-order chi connectivity index (χ1) is 15.0. The number of aromatic nitrogens is 2. The second kappa shape index (κ2) is 10.4. The van der Waals surface area contributed by atoms with Gasteiger partial charge in [-0.3, -0.25) is 4.79 Å². The zero-order chi connectivity index (χ0) is 22.3. The minimum absolute atomic E-state index is 0.0214. The van der Waals surface area contributed by atoms with Crippen LogP contribution in [0.5, 0.6) is 0 Å². The van der Waals surface area contributed by atoms with E-state index in [1.807, 2.05) is 61.1 Å². The molecule has 0 unspecified atom stereocenters. The van der Waals surface area contributed by atoms with Gasteiger partial charge in [0.25, 0.3) is 0 Å². The summed E-state index contributed by atoms with van der Waals surface area (Å²) >= 11 is 0. The number of nitrogens with zero attached hydrogens (tertiary/aromatic N) is 3. The van der Waals surface area contributed by atoms with Crippen LogP contribution in [0.15, 0.2) is 66.9 Å². The lowest BCUT2D eigenvalue weighted by Gasteiger charge is -2.27. The van der Waals surface area contributed by atoms with Crippen molar-refractivity contribution in [2.45, 2.75) is 39.7 Å². The number of hydrogen-bond acceptors (Lipinski definition) is 3. The summed E-state index contributed by atoms with van der Waals surface area (Å²) in [5.74, 6) is -0.0214. The summed E-state index contributed by atoms with van der Waals surface area (Å²) < 4.78 is 1.87. The number of carbonyl (C=O) groups is 1. The molecule has 164 valence electrons. The van der Waals surface area contributed by atoms with E-state index >= 15 is 0 Å². The molecule has 1 aromatic heterocycles. The van der Waals surface area contributed by atoms with Gasteiger partial charge in [-0.2, -0.15) is 5.10 Å². The maximum absolute atomic E-state index is 13.2. The van der Waals surface area contributed by atoms with E-state index in [1.54, 1.807) is 0 Å². The summed E-state index contributed by atoms with van der Waals surface area (Å²) in [4.78, 5) is 15.6. The normalized spacial score (nSPS) is 11.6. The van der Waals surface area contributed by atoms with Gasteiger partial charge >= 0.3 is 0 Å². The zero-order valence-corrected chi connectivity index (χ0v) is 19.1. The van der Waals surface area contributed by atoms with E-state index in [4.69, 9.17) is 5.10 Å². The third kappa shape index (κ3) is 5.23. The maximum atomic E-state index is 13.2. The standard InChI is InChI=1S/C26H34N4O/c1-5-29(6-2)19-13-18-27-25(31)26(3,4)30-24(22-16-11-8-12-17-22)23(20-28-30)21-14-9-7-10-15-21/h7-12,14-17,20H,5-6,13,18-19H2,1-4H3,(H,27,31). The van der Waals surface area contributed by atoms with E-state index in [2.05, 4.69) is 48.3 Å². The predicted octanol–water partition coefficient (Wildman–Crippen LogP) is 4.80. The molecule has 3 rings (SSSR count). The van der Waals surface area contributed by atoms with Gasteiger partial charge in [0.15, 0.2) is 0 Å². The highest BCUT2D eigenvalue weighted by Gasteiger charge is 2.34. The molecule has 0 atom stereocenters. The molecule has 0 aliphatic heterocycles. The molecule has 5 heteroatoms. The fourth-order valence-electron chi connectivity index (χ4n) is 3.83. The highest BCUT2D eigenvalue weighted by atomic mass is 16.2. The van der Waals surface area contributed by atoms with Crippen LogP contribution in [0.25, 0.3) is 22.4 Å². The maximum Gasteiger partial charge on any atom is 0.247 e. The van der Waals surface area contributed by atoms with E-state index in [-0.39, 0.29) is 5.91 Å². The molecule has 0 radical (unpaired) electrons. The Kier molecular flexibility index (Phi) is 7.64. The summed E-state index contributed by atoms with van der Waals surface area (Å²) in [6, 6.07) is 20.4. The van der Waals surface area contributed by atoms with Crippen LogP contribution in [0.3, 0.4) is 0 Å². The average molecular weight is 419 g/mol. The Morgan fingerprint density at radius 2 is 1.55 bits per heavy atom. The first-order valence-electron chi connectivity index (χ1n) is 11.2. The third-order valence-electron chi connectivity index (χ3n) is 5.82. The number of rotatable bonds is 10. The highest BCUT2D eigenvalue weighted by Crippen LogP contribution is 2.35. The molecule has 0 spiro atoms. The van der Waals surface area contributed by atoms with Crippen molar-refractivity contribution in [2.24, 2.45) is 0 Å². The molecule has 0 saturated heterocycles. The minimum atomic E-state index is -0.826. The SMILES string of the molecule is CCN(CC)CCCNC(=O)C(C)(C)n1ncc(-c2ccccc2)c1-c1ccccc1. The van der Waals surface area contributed by atoms with Gasteiger partial charge in [-0.1, -0.05) is 74.5 Å². The van der Waals surface area contributed by atoms with Crippen LogP contribution in [-0.4, -0.2) is 46.8 Å². The summed E-state index contributed by atoms with van der Waals surface area (Å²) in [5.41, 5.74) is 3.28. The number of carbonyl (C=O) groups excluding carboxylic acids is 1. The van der Waals surface area contributed by atoms with Crippen molar-refractivity contribution in [3.63, 3.8) is 0 Å². The third-order valence-corrected chi connectivity index (χ3v) is 5.82. The molecule has 2 aromatic carbocycles. The minimum Gasteiger partial charge on any atom is -0.354 e. The van der Waals surface area contributed by atoms with Gasteiger partial charge in [-0.05, 0) is 45.5 Å². The lowest BCUT2D eigenvalue weighted by atomic mass is 9.98. The highest BCUT2D eigenvalue weighted by molar-refractivity contribution is 5.87. The van der Waals surface area contributed by atoms with Crippen LogP contribution in [0, 0.1) is 0 Å². The molecule has 3 aromatic rings. The second-order valence-electron chi connectivity index (χ2n) is 8.25. The Bertz CT molecular complexity index is 960. The van der Waals surface area contributed by atoms with Crippen molar-refractivity contribution < 1.29 is 4.79 Å². The van der Waals surface area contributed by atoms with Crippen LogP contribution in [-0.2, 0) is 10.3 Å².